The van der Waals surface area contributed by atoms with Crippen molar-refractivity contribution in [1.82, 2.24) is 9.80 Å². The summed E-state index contributed by atoms with van der Waals surface area (Å²) in [5.74, 6) is 0.0931. The molecule has 62 valence electrons. The first-order chi connectivity index (χ1) is 5.24. The van der Waals surface area contributed by atoms with E-state index < -0.39 is 0 Å². The Labute approximate surface area is 65.8 Å². The van der Waals surface area contributed by atoms with Gasteiger partial charge in [0, 0.05) is 33.1 Å². The second-order valence-corrected chi connectivity index (χ2v) is 2.65. The number of hydrogen-bond donors (Lipinski definition) is 0. The van der Waals surface area contributed by atoms with E-state index in [2.05, 4.69) is 0 Å². The molecule has 1 aliphatic heterocycles. The van der Waals surface area contributed by atoms with E-state index in [9.17, 15) is 9.59 Å². The van der Waals surface area contributed by atoms with Gasteiger partial charge in [0.25, 0.3) is 0 Å². The molecular formula is C7H12N2O2. The Kier molecular flexibility index (Phi) is 2.46. The number of nitrogens with zero attached hydrogens (tertiary/aromatic N) is 2. The fraction of sp³-hybridized carbons (Fsp3) is 0.714. The summed E-state index contributed by atoms with van der Waals surface area (Å²) in [6.45, 7) is 4.24. The third-order valence-corrected chi connectivity index (χ3v) is 1.91. The summed E-state index contributed by atoms with van der Waals surface area (Å²) in [5.41, 5.74) is 0. The van der Waals surface area contributed by atoms with Crippen LogP contribution in [0.25, 0.3) is 0 Å². The van der Waals surface area contributed by atoms with Crippen molar-refractivity contribution < 1.29 is 9.59 Å². The first kappa shape index (κ1) is 8.04. The predicted octanol–water partition coefficient (Wildman–Crippen LogP) is -0.693. The Morgan fingerprint density at radius 3 is 2.18 bits per heavy atom. The molecule has 4 nitrogen and oxygen atoms in total. The first-order valence-electron chi connectivity index (χ1n) is 3.69. The van der Waals surface area contributed by atoms with Crippen molar-refractivity contribution in [3.8, 4) is 0 Å². The monoisotopic (exact) mass is 156 g/mol. The summed E-state index contributed by atoms with van der Waals surface area (Å²) in [4.78, 5) is 24.5. The highest BCUT2D eigenvalue weighted by Gasteiger charge is 2.16. The van der Waals surface area contributed by atoms with Crippen molar-refractivity contribution in [2.45, 2.75) is 6.92 Å². The summed E-state index contributed by atoms with van der Waals surface area (Å²) in [6, 6.07) is 0. The van der Waals surface area contributed by atoms with Gasteiger partial charge in [-0.25, -0.2) is 0 Å². The minimum Gasteiger partial charge on any atom is -0.342 e. The van der Waals surface area contributed by atoms with E-state index in [1.165, 1.54) is 0 Å². The maximum atomic E-state index is 10.8. The van der Waals surface area contributed by atoms with Gasteiger partial charge in [-0.05, 0) is 0 Å². The molecule has 4 heteroatoms. The zero-order valence-electron chi connectivity index (χ0n) is 6.62. The van der Waals surface area contributed by atoms with E-state index in [0.29, 0.717) is 26.2 Å². The lowest BCUT2D eigenvalue weighted by Crippen LogP contribution is -2.47. The molecule has 0 aromatic carbocycles. The summed E-state index contributed by atoms with van der Waals surface area (Å²) in [5, 5.41) is 0. The smallest absolute Gasteiger partial charge is 0.219 e. The van der Waals surface area contributed by atoms with Crippen molar-refractivity contribution in [2.24, 2.45) is 0 Å². The standard InChI is InChI=1S/C7H12N2O2/c1-7(11)9-4-2-8(6-10)3-5-9/h6H,2-5H2,1H3. The predicted molar refractivity (Wildman–Crippen MR) is 39.9 cm³/mol. The molecule has 1 rings (SSSR count). The molecular weight excluding hydrogens is 144 g/mol. The van der Waals surface area contributed by atoms with Crippen molar-refractivity contribution in [3.05, 3.63) is 0 Å². The van der Waals surface area contributed by atoms with Gasteiger partial charge in [-0.1, -0.05) is 0 Å². The highest BCUT2D eigenvalue weighted by molar-refractivity contribution is 5.73. The Bertz CT molecular complexity index is 162. The van der Waals surface area contributed by atoms with Crippen molar-refractivity contribution in [2.75, 3.05) is 26.2 Å². The van der Waals surface area contributed by atoms with Gasteiger partial charge in [-0.15, -0.1) is 0 Å². The minimum absolute atomic E-state index is 0.0931. The van der Waals surface area contributed by atoms with Gasteiger partial charge >= 0.3 is 0 Å². The molecule has 0 aromatic rings. The molecule has 0 unspecified atom stereocenters. The van der Waals surface area contributed by atoms with E-state index in [-0.39, 0.29) is 5.91 Å². The SMILES string of the molecule is CC(=O)N1CCN(C=O)CC1. The number of amides is 2. The van der Waals surface area contributed by atoms with Gasteiger partial charge in [0.05, 0.1) is 0 Å². The molecule has 1 fully saturated rings. The largest absolute Gasteiger partial charge is 0.342 e. The van der Waals surface area contributed by atoms with Gasteiger partial charge in [0.1, 0.15) is 0 Å². The zero-order valence-corrected chi connectivity index (χ0v) is 6.62. The molecule has 1 heterocycles. The second-order valence-electron chi connectivity index (χ2n) is 2.65. The minimum atomic E-state index is 0.0931. The molecule has 2 amide bonds. The van der Waals surface area contributed by atoms with Crippen LogP contribution in [0.3, 0.4) is 0 Å². The maximum absolute atomic E-state index is 10.8. The van der Waals surface area contributed by atoms with E-state index in [1.807, 2.05) is 0 Å². The second kappa shape index (κ2) is 3.37. The van der Waals surface area contributed by atoms with Crippen LogP contribution in [0.5, 0.6) is 0 Å². The Hall–Kier alpha value is -1.06. The van der Waals surface area contributed by atoms with Crippen LogP contribution < -0.4 is 0 Å². The number of carbonyl (C=O) groups excluding carboxylic acids is 2. The van der Waals surface area contributed by atoms with Crippen LogP contribution in [0.1, 0.15) is 6.92 Å². The van der Waals surface area contributed by atoms with E-state index in [1.54, 1.807) is 16.7 Å². The van der Waals surface area contributed by atoms with E-state index in [4.69, 9.17) is 0 Å². The Morgan fingerprint density at radius 2 is 1.82 bits per heavy atom. The summed E-state index contributed by atoms with van der Waals surface area (Å²) in [6.07, 6.45) is 0.831. The quantitative estimate of drug-likeness (QED) is 0.471. The van der Waals surface area contributed by atoms with Crippen LogP contribution in [0.15, 0.2) is 0 Å². The highest BCUT2D eigenvalue weighted by Crippen LogP contribution is 1.98. The lowest BCUT2D eigenvalue weighted by atomic mass is 10.3. The molecule has 0 aliphatic carbocycles. The lowest BCUT2D eigenvalue weighted by molar-refractivity contribution is -0.133. The number of hydrogen-bond acceptors (Lipinski definition) is 2. The van der Waals surface area contributed by atoms with Crippen LogP contribution in [0.4, 0.5) is 0 Å². The van der Waals surface area contributed by atoms with Crippen molar-refractivity contribution in [3.63, 3.8) is 0 Å². The summed E-state index contributed by atoms with van der Waals surface area (Å²) in [7, 11) is 0. The van der Waals surface area contributed by atoms with Crippen LogP contribution >= 0.6 is 0 Å². The highest BCUT2D eigenvalue weighted by atomic mass is 16.2. The Morgan fingerprint density at radius 1 is 1.27 bits per heavy atom. The van der Waals surface area contributed by atoms with E-state index >= 15 is 0 Å². The topological polar surface area (TPSA) is 40.6 Å². The maximum Gasteiger partial charge on any atom is 0.219 e. The van der Waals surface area contributed by atoms with Gasteiger partial charge in [0.2, 0.25) is 12.3 Å². The average molecular weight is 156 g/mol. The fourth-order valence-electron chi connectivity index (χ4n) is 1.14. The van der Waals surface area contributed by atoms with Crippen LogP contribution in [0, 0.1) is 0 Å². The lowest BCUT2D eigenvalue weighted by Gasteiger charge is -2.31. The molecule has 1 saturated heterocycles. The molecule has 0 bridgehead atoms. The zero-order chi connectivity index (χ0) is 8.27. The molecule has 0 radical (unpaired) electrons. The molecule has 0 aromatic heterocycles. The van der Waals surface area contributed by atoms with Crippen LogP contribution in [-0.4, -0.2) is 48.3 Å². The number of rotatable bonds is 1. The van der Waals surface area contributed by atoms with Crippen LogP contribution in [0.2, 0.25) is 0 Å². The molecule has 1 aliphatic rings. The third kappa shape index (κ3) is 1.93. The molecule has 0 spiro atoms. The summed E-state index contributed by atoms with van der Waals surface area (Å²) < 4.78 is 0. The molecule has 0 N–H and O–H groups in total. The Balaban J connectivity index is 2.35. The van der Waals surface area contributed by atoms with E-state index in [0.717, 1.165) is 6.41 Å². The van der Waals surface area contributed by atoms with Crippen molar-refractivity contribution in [1.29, 1.82) is 0 Å². The molecule has 11 heavy (non-hydrogen) atoms. The van der Waals surface area contributed by atoms with Gasteiger partial charge in [-0.2, -0.15) is 0 Å². The first-order valence-corrected chi connectivity index (χ1v) is 3.69. The van der Waals surface area contributed by atoms with Gasteiger partial charge in [-0.3, -0.25) is 9.59 Å². The third-order valence-electron chi connectivity index (χ3n) is 1.91. The summed E-state index contributed by atoms with van der Waals surface area (Å²) >= 11 is 0. The van der Waals surface area contributed by atoms with Crippen molar-refractivity contribution >= 4 is 12.3 Å². The van der Waals surface area contributed by atoms with Crippen LogP contribution in [-0.2, 0) is 9.59 Å². The number of piperazine rings is 1. The average Bonchev–Trinajstić information content (AvgIpc) is 2.05. The normalized spacial score (nSPS) is 18.3. The van der Waals surface area contributed by atoms with Gasteiger partial charge in [0.15, 0.2) is 0 Å². The van der Waals surface area contributed by atoms with Gasteiger partial charge < -0.3 is 9.80 Å². The number of carbonyl (C=O) groups is 2. The molecule has 0 atom stereocenters. The fourth-order valence-corrected chi connectivity index (χ4v) is 1.14. The molecule has 0 saturated carbocycles.